The summed E-state index contributed by atoms with van der Waals surface area (Å²) < 4.78 is 1.26. The minimum Gasteiger partial charge on any atom is -0.298 e. The van der Waals surface area contributed by atoms with Crippen LogP contribution in [-0.2, 0) is 4.79 Å². The van der Waals surface area contributed by atoms with Crippen LogP contribution in [0.1, 0.15) is 17.7 Å². The second kappa shape index (κ2) is 4.37. The largest absolute Gasteiger partial charge is 0.298 e. The van der Waals surface area contributed by atoms with Crippen LogP contribution in [0.5, 0.6) is 0 Å². The highest BCUT2D eigenvalue weighted by Crippen LogP contribution is 2.36. The number of thioether (sulfide) groups is 1. The molecule has 0 fully saturated rings. The smallest absolute Gasteiger partial charge is 0.147 e. The van der Waals surface area contributed by atoms with Gasteiger partial charge in [-0.05, 0) is 35.6 Å². The van der Waals surface area contributed by atoms with Gasteiger partial charge in [-0.15, -0.1) is 23.1 Å². The zero-order chi connectivity index (χ0) is 10.8. The standard InChI is InChI=1S/C12H12OS2/c1-8(13)12(14-2)10-7-15-11-6-4-3-5-9(10)11/h3-7,12H,1-2H3. The average molecular weight is 236 g/mol. The van der Waals surface area contributed by atoms with Crippen LogP contribution in [-0.4, -0.2) is 12.0 Å². The van der Waals surface area contributed by atoms with Gasteiger partial charge < -0.3 is 0 Å². The molecule has 0 spiro atoms. The van der Waals surface area contributed by atoms with Gasteiger partial charge in [0.25, 0.3) is 0 Å². The molecular formula is C12H12OS2. The lowest BCUT2D eigenvalue weighted by Gasteiger charge is -2.09. The second-order valence-corrected chi connectivity index (χ2v) is 5.27. The summed E-state index contributed by atoms with van der Waals surface area (Å²) in [5.41, 5.74) is 1.16. The molecule has 1 atom stereocenters. The van der Waals surface area contributed by atoms with Crippen LogP contribution in [0.4, 0.5) is 0 Å². The molecule has 2 aromatic rings. The van der Waals surface area contributed by atoms with Crippen LogP contribution in [0.2, 0.25) is 0 Å². The van der Waals surface area contributed by atoms with E-state index in [1.165, 1.54) is 10.1 Å². The first-order valence-corrected chi connectivity index (χ1v) is 6.90. The molecule has 3 heteroatoms. The van der Waals surface area contributed by atoms with E-state index < -0.39 is 0 Å². The fourth-order valence-electron chi connectivity index (χ4n) is 1.71. The fourth-order valence-corrected chi connectivity index (χ4v) is 3.57. The Balaban J connectivity index is 2.55. The Morgan fingerprint density at radius 3 is 2.80 bits per heavy atom. The van der Waals surface area contributed by atoms with Crippen molar-refractivity contribution in [3.8, 4) is 0 Å². The summed E-state index contributed by atoms with van der Waals surface area (Å²) in [5, 5.41) is 3.31. The van der Waals surface area contributed by atoms with Gasteiger partial charge in [0.15, 0.2) is 0 Å². The molecule has 0 saturated carbocycles. The number of hydrogen-bond acceptors (Lipinski definition) is 3. The molecular weight excluding hydrogens is 224 g/mol. The Bertz CT molecular complexity index is 487. The highest BCUT2D eigenvalue weighted by atomic mass is 32.2. The topological polar surface area (TPSA) is 17.1 Å². The molecule has 0 amide bonds. The highest BCUT2D eigenvalue weighted by Gasteiger charge is 2.18. The molecule has 0 bridgehead atoms. The number of ketones is 1. The lowest BCUT2D eigenvalue weighted by molar-refractivity contribution is -0.116. The van der Waals surface area contributed by atoms with Gasteiger partial charge in [0.1, 0.15) is 5.78 Å². The third kappa shape index (κ3) is 1.94. The molecule has 0 N–H and O–H groups in total. The van der Waals surface area contributed by atoms with Crippen molar-refractivity contribution in [3.05, 3.63) is 35.2 Å². The third-order valence-corrected chi connectivity index (χ3v) is 4.44. The number of hydrogen-bond donors (Lipinski definition) is 0. The maximum Gasteiger partial charge on any atom is 0.147 e. The molecule has 0 radical (unpaired) electrons. The van der Waals surface area contributed by atoms with Crippen molar-refractivity contribution in [2.45, 2.75) is 12.2 Å². The molecule has 2 rings (SSSR count). The Kier molecular flexibility index (Phi) is 3.12. The van der Waals surface area contributed by atoms with Crippen LogP contribution in [0.3, 0.4) is 0 Å². The number of rotatable bonds is 3. The van der Waals surface area contributed by atoms with Crippen LogP contribution in [0.15, 0.2) is 29.6 Å². The normalized spacial score (nSPS) is 12.9. The third-order valence-electron chi connectivity index (χ3n) is 2.40. The lowest BCUT2D eigenvalue weighted by atomic mass is 10.1. The van der Waals surface area contributed by atoms with Crippen molar-refractivity contribution in [1.29, 1.82) is 0 Å². The van der Waals surface area contributed by atoms with E-state index in [0.717, 1.165) is 5.56 Å². The maximum atomic E-state index is 11.5. The van der Waals surface area contributed by atoms with E-state index in [2.05, 4.69) is 17.5 Å². The van der Waals surface area contributed by atoms with Gasteiger partial charge in [-0.3, -0.25) is 4.79 Å². The predicted molar refractivity (Wildman–Crippen MR) is 68.8 cm³/mol. The maximum absolute atomic E-state index is 11.5. The first-order valence-electron chi connectivity index (χ1n) is 4.73. The monoisotopic (exact) mass is 236 g/mol. The molecule has 0 saturated heterocycles. The number of benzene rings is 1. The molecule has 1 unspecified atom stereocenters. The zero-order valence-electron chi connectivity index (χ0n) is 8.69. The van der Waals surface area contributed by atoms with Crippen molar-refractivity contribution in [2.75, 3.05) is 6.26 Å². The summed E-state index contributed by atoms with van der Waals surface area (Å²) in [6.07, 6.45) is 1.98. The second-order valence-electron chi connectivity index (χ2n) is 3.41. The van der Waals surface area contributed by atoms with Crippen LogP contribution >= 0.6 is 23.1 Å². The Labute approximate surface area is 97.5 Å². The first kappa shape index (κ1) is 10.7. The summed E-state index contributed by atoms with van der Waals surface area (Å²) in [7, 11) is 0. The number of thiophene rings is 1. The summed E-state index contributed by atoms with van der Waals surface area (Å²) in [5.74, 6) is 0.228. The van der Waals surface area contributed by atoms with E-state index in [4.69, 9.17) is 0 Å². The van der Waals surface area contributed by atoms with Crippen LogP contribution in [0, 0.1) is 0 Å². The molecule has 0 aliphatic rings. The SMILES string of the molecule is CSC(C(C)=O)c1csc2ccccc12. The van der Waals surface area contributed by atoms with Crippen molar-refractivity contribution in [3.63, 3.8) is 0 Å². The van der Waals surface area contributed by atoms with Crippen molar-refractivity contribution < 1.29 is 4.79 Å². The number of carbonyl (C=O) groups excluding carboxylic acids is 1. The number of carbonyl (C=O) groups is 1. The summed E-state index contributed by atoms with van der Waals surface area (Å²) in [4.78, 5) is 11.5. The molecule has 1 aromatic carbocycles. The van der Waals surface area contributed by atoms with Crippen LogP contribution < -0.4 is 0 Å². The van der Waals surface area contributed by atoms with E-state index in [0.29, 0.717) is 0 Å². The van der Waals surface area contributed by atoms with E-state index >= 15 is 0 Å². The van der Waals surface area contributed by atoms with E-state index in [9.17, 15) is 4.79 Å². The summed E-state index contributed by atoms with van der Waals surface area (Å²) in [6, 6.07) is 8.24. The first-order chi connectivity index (χ1) is 7.24. The zero-order valence-corrected chi connectivity index (χ0v) is 10.3. The predicted octanol–water partition coefficient (Wildman–Crippen LogP) is 3.89. The van der Waals surface area contributed by atoms with Gasteiger partial charge in [0.2, 0.25) is 0 Å². The Morgan fingerprint density at radius 1 is 1.40 bits per heavy atom. The lowest BCUT2D eigenvalue weighted by Crippen LogP contribution is -2.03. The highest BCUT2D eigenvalue weighted by molar-refractivity contribution is 7.99. The molecule has 1 heterocycles. The van der Waals surface area contributed by atoms with Gasteiger partial charge in [0.05, 0.1) is 5.25 Å². The molecule has 0 aliphatic heterocycles. The average Bonchev–Trinajstić information content (AvgIpc) is 2.63. The molecule has 1 aromatic heterocycles. The van der Waals surface area contributed by atoms with Gasteiger partial charge >= 0.3 is 0 Å². The molecule has 0 aliphatic carbocycles. The van der Waals surface area contributed by atoms with Crippen molar-refractivity contribution in [2.24, 2.45) is 0 Å². The van der Waals surface area contributed by atoms with Gasteiger partial charge in [-0.25, -0.2) is 0 Å². The van der Waals surface area contributed by atoms with Gasteiger partial charge in [-0.1, -0.05) is 18.2 Å². The number of fused-ring (bicyclic) bond motifs is 1. The Morgan fingerprint density at radius 2 is 2.13 bits per heavy atom. The number of Topliss-reactive ketones (excluding diaryl/α,β-unsaturated/α-hetero) is 1. The molecule has 15 heavy (non-hydrogen) atoms. The minimum absolute atomic E-state index is 0.0128. The molecule has 1 nitrogen and oxygen atoms in total. The van der Waals surface area contributed by atoms with Crippen molar-refractivity contribution in [1.82, 2.24) is 0 Å². The van der Waals surface area contributed by atoms with E-state index in [-0.39, 0.29) is 11.0 Å². The van der Waals surface area contributed by atoms with Crippen molar-refractivity contribution >= 4 is 39.0 Å². The van der Waals surface area contributed by atoms with Gasteiger partial charge in [-0.2, -0.15) is 0 Å². The summed E-state index contributed by atoms with van der Waals surface area (Å²) >= 11 is 3.32. The molecule has 78 valence electrons. The quantitative estimate of drug-likeness (QED) is 0.804. The van der Waals surface area contributed by atoms with E-state index in [1.807, 2.05) is 18.4 Å². The van der Waals surface area contributed by atoms with Gasteiger partial charge in [0, 0.05) is 4.70 Å². The minimum atomic E-state index is -0.0128. The van der Waals surface area contributed by atoms with E-state index in [1.54, 1.807) is 30.0 Å². The Hall–Kier alpha value is -0.800. The summed E-state index contributed by atoms with van der Waals surface area (Å²) in [6.45, 7) is 1.66. The fraction of sp³-hybridized carbons (Fsp3) is 0.250. The van der Waals surface area contributed by atoms with Crippen LogP contribution in [0.25, 0.3) is 10.1 Å².